The maximum atomic E-state index is 11.0. The van der Waals surface area contributed by atoms with Gasteiger partial charge in [0.05, 0.1) is 18.1 Å². The van der Waals surface area contributed by atoms with Crippen LogP contribution in [0.3, 0.4) is 0 Å². The molecule has 0 fully saturated rings. The van der Waals surface area contributed by atoms with Crippen molar-refractivity contribution >= 4 is 17.6 Å². The van der Waals surface area contributed by atoms with Crippen molar-refractivity contribution in [2.45, 2.75) is 12.8 Å². The molecule has 0 radical (unpaired) electrons. The van der Waals surface area contributed by atoms with Crippen LogP contribution in [0.1, 0.15) is 17.0 Å². The first-order valence-electron chi connectivity index (χ1n) is 4.92. The minimum atomic E-state index is -1.11. The summed E-state index contributed by atoms with van der Waals surface area (Å²) in [7, 11) is 1.42. The van der Waals surface area contributed by atoms with Gasteiger partial charge in [-0.25, -0.2) is 0 Å². The van der Waals surface area contributed by atoms with Gasteiger partial charge in [-0.05, 0) is 13.0 Å². The fourth-order valence-corrected chi connectivity index (χ4v) is 1.99. The smallest absolute Gasteiger partial charge is 0.312 e. The van der Waals surface area contributed by atoms with Gasteiger partial charge in [0.1, 0.15) is 11.5 Å². The molecule has 6 heteroatoms. The Kier molecular flexibility index (Phi) is 4.20. The third-order valence-electron chi connectivity index (χ3n) is 2.58. The molecule has 0 spiro atoms. The number of ether oxygens (including phenoxy) is 1. The van der Waals surface area contributed by atoms with E-state index < -0.39 is 11.9 Å². The fraction of sp³-hybridized carbons (Fsp3) is 0.364. The number of halogens is 1. The summed E-state index contributed by atoms with van der Waals surface area (Å²) >= 11 is 5.94. The lowest BCUT2D eigenvalue weighted by molar-refractivity contribution is -0.138. The molecule has 1 atom stereocenters. The van der Waals surface area contributed by atoms with Gasteiger partial charge >= 0.3 is 5.97 Å². The van der Waals surface area contributed by atoms with Crippen molar-refractivity contribution in [2.75, 3.05) is 13.7 Å². The third kappa shape index (κ3) is 2.45. The van der Waals surface area contributed by atoms with Crippen LogP contribution in [0.5, 0.6) is 11.5 Å². The number of phenolic OH excluding ortho intramolecular Hbond substituents is 1. The molecule has 4 N–H and O–H groups in total. The predicted molar refractivity (Wildman–Crippen MR) is 63.8 cm³/mol. The molecule has 1 unspecified atom stereocenters. The molecule has 0 saturated carbocycles. The number of rotatable bonds is 4. The van der Waals surface area contributed by atoms with Crippen LogP contribution in [-0.4, -0.2) is 29.8 Å². The summed E-state index contributed by atoms with van der Waals surface area (Å²) < 4.78 is 5.01. The second-order valence-corrected chi connectivity index (χ2v) is 3.99. The van der Waals surface area contributed by atoms with E-state index >= 15 is 0 Å². The maximum absolute atomic E-state index is 11.0. The molecule has 0 heterocycles. The van der Waals surface area contributed by atoms with E-state index in [0.29, 0.717) is 11.3 Å². The summed E-state index contributed by atoms with van der Waals surface area (Å²) in [5.74, 6) is -1.92. The van der Waals surface area contributed by atoms with Crippen LogP contribution in [0.4, 0.5) is 0 Å². The van der Waals surface area contributed by atoms with E-state index in [2.05, 4.69) is 0 Å². The number of hydrogen-bond donors (Lipinski definition) is 3. The quantitative estimate of drug-likeness (QED) is 0.762. The van der Waals surface area contributed by atoms with Crippen molar-refractivity contribution in [1.82, 2.24) is 0 Å². The molecular formula is C11H14ClNO4. The molecule has 0 aliphatic heterocycles. The molecule has 0 bridgehead atoms. The zero-order valence-corrected chi connectivity index (χ0v) is 10.3. The molecule has 0 aromatic heterocycles. The van der Waals surface area contributed by atoms with Crippen LogP contribution < -0.4 is 10.5 Å². The van der Waals surface area contributed by atoms with E-state index in [1.54, 1.807) is 6.92 Å². The van der Waals surface area contributed by atoms with E-state index in [-0.39, 0.29) is 22.9 Å². The number of carboxylic acid groups (broad SMARTS) is 1. The van der Waals surface area contributed by atoms with E-state index in [4.69, 9.17) is 27.2 Å². The summed E-state index contributed by atoms with van der Waals surface area (Å²) in [6.45, 7) is 1.48. The third-order valence-corrected chi connectivity index (χ3v) is 2.86. The molecule has 0 aliphatic rings. The minimum absolute atomic E-state index is 0.120. The average Bonchev–Trinajstić information content (AvgIpc) is 2.26. The Hall–Kier alpha value is -1.46. The van der Waals surface area contributed by atoms with Gasteiger partial charge < -0.3 is 20.7 Å². The Morgan fingerprint density at radius 2 is 2.24 bits per heavy atom. The van der Waals surface area contributed by atoms with Crippen molar-refractivity contribution in [3.05, 3.63) is 22.2 Å². The number of phenols is 1. The summed E-state index contributed by atoms with van der Waals surface area (Å²) in [4.78, 5) is 11.0. The first-order valence-corrected chi connectivity index (χ1v) is 5.30. The van der Waals surface area contributed by atoms with Gasteiger partial charge in [-0.1, -0.05) is 11.6 Å². The van der Waals surface area contributed by atoms with Crippen LogP contribution in [0.15, 0.2) is 6.07 Å². The van der Waals surface area contributed by atoms with E-state index in [1.165, 1.54) is 13.2 Å². The van der Waals surface area contributed by atoms with Crippen molar-refractivity contribution in [3.63, 3.8) is 0 Å². The molecule has 0 saturated heterocycles. The molecule has 94 valence electrons. The van der Waals surface area contributed by atoms with Crippen LogP contribution >= 0.6 is 11.6 Å². The second kappa shape index (κ2) is 5.25. The Balaban J connectivity index is 3.41. The van der Waals surface area contributed by atoms with Crippen molar-refractivity contribution < 1.29 is 19.7 Å². The summed E-state index contributed by atoms with van der Waals surface area (Å²) in [6.07, 6.45) is 0. The van der Waals surface area contributed by atoms with Crippen LogP contribution in [0.2, 0.25) is 5.02 Å². The number of nitrogens with two attached hydrogens (primary N) is 1. The van der Waals surface area contributed by atoms with Gasteiger partial charge in [0, 0.05) is 17.7 Å². The lowest BCUT2D eigenvalue weighted by Crippen LogP contribution is -2.21. The lowest BCUT2D eigenvalue weighted by Gasteiger charge is -2.16. The number of benzene rings is 1. The normalized spacial score (nSPS) is 12.2. The van der Waals surface area contributed by atoms with Crippen LogP contribution in [0, 0.1) is 6.92 Å². The highest BCUT2D eigenvalue weighted by molar-refractivity contribution is 6.32. The highest BCUT2D eigenvalue weighted by Gasteiger charge is 2.25. The Morgan fingerprint density at radius 1 is 1.65 bits per heavy atom. The van der Waals surface area contributed by atoms with Gasteiger partial charge in [-0.2, -0.15) is 0 Å². The topological polar surface area (TPSA) is 92.8 Å². The first-order chi connectivity index (χ1) is 7.93. The molecule has 0 amide bonds. The van der Waals surface area contributed by atoms with Gasteiger partial charge in [0.15, 0.2) is 0 Å². The van der Waals surface area contributed by atoms with Crippen molar-refractivity contribution in [2.24, 2.45) is 5.73 Å². The van der Waals surface area contributed by atoms with Crippen LogP contribution in [0.25, 0.3) is 0 Å². The predicted octanol–water partition coefficient (Wildman–Crippen LogP) is 1.49. The maximum Gasteiger partial charge on any atom is 0.312 e. The zero-order chi connectivity index (χ0) is 13.2. The number of methoxy groups -OCH3 is 1. The highest BCUT2D eigenvalue weighted by Crippen LogP contribution is 2.40. The number of hydrogen-bond acceptors (Lipinski definition) is 4. The standard InChI is InChI=1S/C11H14ClNO4/c1-5-9(14)6(7(4-13)11(15)16)3-8(12)10(5)17-2/h3,7,14H,4,13H2,1-2H3,(H,15,16). The molecule has 1 aromatic carbocycles. The zero-order valence-electron chi connectivity index (χ0n) is 9.53. The molecule has 5 nitrogen and oxygen atoms in total. The second-order valence-electron chi connectivity index (χ2n) is 3.58. The Bertz CT molecular complexity index is 448. The fourth-order valence-electron chi connectivity index (χ4n) is 1.65. The van der Waals surface area contributed by atoms with E-state index in [0.717, 1.165) is 0 Å². The number of aromatic hydroxyl groups is 1. The number of carboxylic acids is 1. The van der Waals surface area contributed by atoms with E-state index in [9.17, 15) is 9.90 Å². The number of aliphatic carboxylic acids is 1. The van der Waals surface area contributed by atoms with Gasteiger partial charge in [-0.3, -0.25) is 4.79 Å². The highest BCUT2D eigenvalue weighted by atomic mass is 35.5. The van der Waals surface area contributed by atoms with Gasteiger partial charge in [0.25, 0.3) is 0 Å². The molecule has 17 heavy (non-hydrogen) atoms. The first kappa shape index (κ1) is 13.6. The average molecular weight is 260 g/mol. The molecular weight excluding hydrogens is 246 g/mol. The van der Waals surface area contributed by atoms with Crippen molar-refractivity contribution in [3.8, 4) is 11.5 Å². The monoisotopic (exact) mass is 259 g/mol. The summed E-state index contributed by atoms with van der Waals surface area (Å²) in [6, 6.07) is 1.37. The number of carbonyl (C=O) groups is 1. The van der Waals surface area contributed by atoms with E-state index in [1.807, 2.05) is 0 Å². The largest absolute Gasteiger partial charge is 0.507 e. The lowest BCUT2D eigenvalue weighted by atomic mass is 9.96. The van der Waals surface area contributed by atoms with Crippen molar-refractivity contribution in [1.29, 1.82) is 0 Å². The summed E-state index contributed by atoms with van der Waals surface area (Å²) in [5, 5.41) is 19.2. The van der Waals surface area contributed by atoms with Gasteiger partial charge in [-0.15, -0.1) is 0 Å². The molecule has 1 aromatic rings. The molecule has 0 aliphatic carbocycles. The Morgan fingerprint density at radius 3 is 2.65 bits per heavy atom. The molecule has 1 rings (SSSR count). The van der Waals surface area contributed by atoms with Gasteiger partial charge in [0.2, 0.25) is 0 Å². The Labute approximate surface area is 104 Å². The summed E-state index contributed by atoms with van der Waals surface area (Å²) in [5.41, 5.74) is 5.97. The SMILES string of the molecule is COc1c(Cl)cc(C(CN)C(=O)O)c(O)c1C. The minimum Gasteiger partial charge on any atom is -0.507 e. The van der Waals surface area contributed by atoms with Crippen LogP contribution in [-0.2, 0) is 4.79 Å².